The van der Waals surface area contributed by atoms with Gasteiger partial charge in [0, 0.05) is 26.2 Å². The minimum absolute atomic E-state index is 0.267. The molecule has 0 bridgehead atoms. The van der Waals surface area contributed by atoms with Crippen LogP contribution in [0.3, 0.4) is 0 Å². The van der Waals surface area contributed by atoms with E-state index in [1.54, 1.807) is 0 Å². The van der Waals surface area contributed by atoms with E-state index in [0.717, 1.165) is 21.9 Å². The van der Waals surface area contributed by atoms with Crippen LogP contribution >= 0.6 is 11.3 Å². The van der Waals surface area contributed by atoms with Crippen molar-refractivity contribution in [1.29, 1.82) is 0 Å². The van der Waals surface area contributed by atoms with Crippen molar-refractivity contribution in [3.05, 3.63) is 34.8 Å². The lowest BCUT2D eigenvalue weighted by Gasteiger charge is -2.11. The van der Waals surface area contributed by atoms with Crippen molar-refractivity contribution in [3.63, 3.8) is 0 Å². The second kappa shape index (κ2) is 8.03. The standard InChI is InChI=1S/C16H22N4O3S2/c1-12-13(2)24-16(20(12)10-5-11-25(21,22)23)18-17-14-6-8-15(9-7-14)19(3)4/h6-9H,5,10-11H2,1-4H3/p+1. The fourth-order valence-electron chi connectivity index (χ4n) is 2.26. The monoisotopic (exact) mass is 383 g/mol. The number of benzene rings is 1. The number of hydrogen-bond acceptors (Lipinski definition) is 6. The maximum atomic E-state index is 10.9. The average molecular weight is 384 g/mol. The first-order valence-electron chi connectivity index (χ1n) is 7.81. The molecule has 136 valence electrons. The van der Waals surface area contributed by atoms with Crippen LogP contribution in [0.1, 0.15) is 17.0 Å². The summed E-state index contributed by atoms with van der Waals surface area (Å²) in [4.78, 5) is 3.11. The van der Waals surface area contributed by atoms with Crippen molar-refractivity contribution < 1.29 is 17.5 Å². The molecule has 0 saturated heterocycles. The Morgan fingerprint density at radius 1 is 1.16 bits per heavy atom. The third-order valence-corrected chi connectivity index (χ3v) is 5.68. The highest BCUT2D eigenvalue weighted by Crippen LogP contribution is 2.25. The second-order valence-corrected chi connectivity index (χ2v) is 8.68. The summed E-state index contributed by atoms with van der Waals surface area (Å²) < 4.78 is 32.6. The Kier molecular flexibility index (Phi) is 6.26. The van der Waals surface area contributed by atoms with Gasteiger partial charge in [0.15, 0.2) is 0 Å². The number of nitrogens with zero attached hydrogens (tertiary/aromatic N) is 4. The molecule has 0 spiro atoms. The molecular weight excluding hydrogens is 360 g/mol. The van der Waals surface area contributed by atoms with Gasteiger partial charge in [0.2, 0.25) is 0 Å². The molecule has 1 aromatic carbocycles. The lowest BCUT2D eigenvalue weighted by molar-refractivity contribution is -0.686. The highest BCUT2D eigenvalue weighted by molar-refractivity contribution is 7.85. The maximum Gasteiger partial charge on any atom is 0.408 e. The van der Waals surface area contributed by atoms with E-state index in [-0.39, 0.29) is 5.75 Å². The van der Waals surface area contributed by atoms with E-state index in [1.807, 2.05) is 61.7 Å². The molecular formula is C16H23N4O3S2+. The van der Waals surface area contributed by atoms with Gasteiger partial charge in [0.1, 0.15) is 11.4 Å². The van der Waals surface area contributed by atoms with Crippen LogP contribution in [-0.4, -0.2) is 32.8 Å². The van der Waals surface area contributed by atoms with Crippen molar-refractivity contribution in [3.8, 4) is 0 Å². The van der Waals surface area contributed by atoms with E-state index in [0.29, 0.717) is 18.1 Å². The van der Waals surface area contributed by atoms with Crippen molar-refractivity contribution >= 4 is 38.0 Å². The number of aromatic nitrogens is 1. The smallest absolute Gasteiger partial charge is 0.378 e. The van der Waals surface area contributed by atoms with E-state index >= 15 is 0 Å². The Balaban J connectivity index is 2.16. The highest BCUT2D eigenvalue weighted by Gasteiger charge is 2.20. The molecule has 1 heterocycles. The number of anilines is 1. The summed E-state index contributed by atoms with van der Waals surface area (Å²) in [5.74, 6) is -0.267. The summed E-state index contributed by atoms with van der Waals surface area (Å²) in [6, 6.07) is 7.74. The second-order valence-electron chi connectivity index (χ2n) is 5.93. The quantitative estimate of drug-likeness (QED) is 0.451. The molecule has 0 radical (unpaired) electrons. The molecule has 0 fully saturated rings. The van der Waals surface area contributed by atoms with Gasteiger partial charge >= 0.3 is 5.13 Å². The van der Waals surface area contributed by atoms with Crippen LogP contribution in [-0.2, 0) is 16.7 Å². The molecule has 2 rings (SSSR count). The third-order valence-electron chi connectivity index (χ3n) is 3.79. The Labute approximate surface area is 152 Å². The molecule has 0 amide bonds. The van der Waals surface area contributed by atoms with Crippen LogP contribution in [0.25, 0.3) is 0 Å². The molecule has 0 saturated carbocycles. The Hall–Kier alpha value is -1.84. The molecule has 1 N–H and O–H groups in total. The van der Waals surface area contributed by atoms with Gasteiger partial charge in [-0.3, -0.25) is 4.55 Å². The van der Waals surface area contributed by atoms with Crippen LogP contribution in [0.2, 0.25) is 0 Å². The molecule has 0 aliphatic carbocycles. The Morgan fingerprint density at radius 3 is 2.36 bits per heavy atom. The lowest BCUT2D eigenvalue weighted by Crippen LogP contribution is -2.36. The van der Waals surface area contributed by atoms with Crippen LogP contribution in [0, 0.1) is 13.8 Å². The molecule has 7 nitrogen and oxygen atoms in total. The van der Waals surface area contributed by atoms with Gasteiger partial charge in [-0.05, 0) is 54.6 Å². The largest absolute Gasteiger partial charge is 0.408 e. The first-order valence-corrected chi connectivity index (χ1v) is 10.2. The molecule has 0 atom stereocenters. The summed E-state index contributed by atoms with van der Waals surface area (Å²) in [7, 11) is 0.00328. The molecule has 0 aliphatic rings. The minimum Gasteiger partial charge on any atom is -0.378 e. The zero-order chi connectivity index (χ0) is 18.6. The number of hydrogen-bond donors (Lipinski definition) is 1. The number of thiazole rings is 1. The van der Waals surface area contributed by atoms with E-state index in [1.165, 1.54) is 11.3 Å². The van der Waals surface area contributed by atoms with Gasteiger partial charge in [-0.2, -0.15) is 8.42 Å². The summed E-state index contributed by atoms with van der Waals surface area (Å²) in [5, 5.41) is 9.32. The van der Waals surface area contributed by atoms with Gasteiger partial charge in [-0.15, -0.1) is 0 Å². The third kappa shape index (κ3) is 5.58. The van der Waals surface area contributed by atoms with Crippen LogP contribution in [0.15, 0.2) is 34.5 Å². The van der Waals surface area contributed by atoms with Crippen molar-refractivity contribution in [2.45, 2.75) is 26.8 Å². The van der Waals surface area contributed by atoms with Gasteiger partial charge < -0.3 is 4.90 Å². The number of azo groups is 1. The first-order chi connectivity index (χ1) is 11.7. The van der Waals surface area contributed by atoms with Crippen LogP contribution < -0.4 is 9.47 Å². The van der Waals surface area contributed by atoms with E-state index in [4.69, 9.17) is 4.55 Å². The molecule has 0 unspecified atom stereocenters. The molecule has 2 aromatic rings. The van der Waals surface area contributed by atoms with E-state index in [2.05, 4.69) is 10.2 Å². The first kappa shape index (κ1) is 19.5. The van der Waals surface area contributed by atoms with E-state index < -0.39 is 10.1 Å². The summed E-state index contributed by atoms with van der Waals surface area (Å²) in [5.41, 5.74) is 2.86. The molecule has 0 aliphatic heterocycles. The topological polar surface area (TPSA) is 86.2 Å². The summed E-state index contributed by atoms with van der Waals surface area (Å²) >= 11 is 1.51. The molecule has 9 heteroatoms. The van der Waals surface area contributed by atoms with E-state index in [9.17, 15) is 8.42 Å². The van der Waals surface area contributed by atoms with Crippen molar-refractivity contribution in [1.82, 2.24) is 0 Å². The SMILES string of the molecule is Cc1sc(N=Nc2ccc(N(C)C)cc2)[n+](CCCS(=O)(=O)O)c1C. The zero-order valence-corrected chi connectivity index (χ0v) is 16.4. The average Bonchev–Trinajstić information content (AvgIpc) is 2.80. The van der Waals surface area contributed by atoms with Gasteiger partial charge in [0.25, 0.3) is 10.1 Å². The lowest BCUT2D eigenvalue weighted by atomic mass is 10.3. The number of rotatable bonds is 7. The predicted molar refractivity (Wildman–Crippen MR) is 100.0 cm³/mol. The van der Waals surface area contributed by atoms with Crippen LogP contribution in [0.5, 0.6) is 0 Å². The van der Waals surface area contributed by atoms with Crippen molar-refractivity contribution in [2.75, 3.05) is 24.7 Å². The summed E-state index contributed by atoms with van der Waals surface area (Å²) in [6.45, 7) is 4.41. The Bertz CT molecular complexity index is 856. The van der Waals surface area contributed by atoms with Gasteiger partial charge in [-0.1, -0.05) is 0 Å². The van der Waals surface area contributed by atoms with Gasteiger partial charge in [0.05, 0.1) is 22.3 Å². The summed E-state index contributed by atoms with van der Waals surface area (Å²) in [6.07, 6.45) is 0.320. The zero-order valence-electron chi connectivity index (χ0n) is 14.8. The molecule has 25 heavy (non-hydrogen) atoms. The molecule has 1 aromatic heterocycles. The van der Waals surface area contributed by atoms with Crippen molar-refractivity contribution in [2.24, 2.45) is 10.2 Å². The van der Waals surface area contributed by atoms with Gasteiger partial charge in [-0.25, -0.2) is 4.57 Å². The maximum absolute atomic E-state index is 10.9. The Morgan fingerprint density at radius 2 is 1.80 bits per heavy atom. The predicted octanol–water partition coefficient (Wildman–Crippen LogP) is 3.41. The normalized spacial score (nSPS) is 12.0. The number of aryl methyl sites for hydroxylation is 1. The minimum atomic E-state index is -3.95. The highest BCUT2D eigenvalue weighted by atomic mass is 32.2. The fraction of sp³-hybridized carbons (Fsp3) is 0.438. The fourth-order valence-corrected chi connectivity index (χ4v) is 3.71. The van der Waals surface area contributed by atoms with Crippen LogP contribution in [0.4, 0.5) is 16.5 Å².